The van der Waals surface area contributed by atoms with Gasteiger partial charge >= 0.3 is 6.18 Å². The predicted octanol–water partition coefficient (Wildman–Crippen LogP) is 5.10. The van der Waals surface area contributed by atoms with Crippen LogP contribution in [-0.2, 0) is 15.7 Å². The molecule has 0 radical (unpaired) electrons. The molecule has 1 N–H and O–H groups in total. The van der Waals surface area contributed by atoms with Gasteiger partial charge in [0.05, 0.1) is 29.7 Å². The SMILES string of the molecule is CC[C@@H]1C[C@H](C(=O)NC(c2cc(F)c(C(F)(F)F)cc2F)C2COC2)N(C(=O)c2ccc(C)s2)C1. The average Bonchev–Trinajstić information content (AvgIpc) is 3.38. The Hall–Kier alpha value is -2.53. The molecule has 1 aromatic carbocycles. The third-order valence-corrected chi connectivity index (χ3v) is 7.63. The van der Waals surface area contributed by atoms with Gasteiger partial charge in [-0.1, -0.05) is 13.3 Å². The Bertz CT molecular complexity index is 1120. The first kappa shape index (κ1) is 25.6. The van der Waals surface area contributed by atoms with Crippen molar-refractivity contribution in [2.24, 2.45) is 11.8 Å². The van der Waals surface area contributed by atoms with Gasteiger partial charge in [-0.15, -0.1) is 11.3 Å². The summed E-state index contributed by atoms with van der Waals surface area (Å²) in [5, 5.41) is 2.69. The van der Waals surface area contributed by atoms with Gasteiger partial charge in [-0.3, -0.25) is 9.59 Å². The van der Waals surface area contributed by atoms with Gasteiger partial charge in [0.25, 0.3) is 5.91 Å². The number of thiophene rings is 1. The number of hydrogen-bond acceptors (Lipinski definition) is 4. The summed E-state index contributed by atoms with van der Waals surface area (Å²) in [7, 11) is 0. The third-order valence-electron chi connectivity index (χ3n) is 6.64. The van der Waals surface area contributed by atoms with E-state index in [4.69, 9.17) is 4.74 Å². The number of amides is 2. The van der Waals surface area contributed by atoms with Crippen LogP contribution >= 0.6 is 11.3 Å². The van der Waals surface area contributed by atoms with Crippen LogP contribution in [0.25, 0.3) is 0 Å². The second kappa shape index (κ2) is 9.85. The number of carbonyl (C=O) groups is 2. The molecule has 0 spiro atoms. The van der Waals surface area contributed by atoms with Crippen molar-refractivity contribution in [3.8, 4) is 0 Å². The quantitative estimate of drug-likeness (QED) is 0.544. The number of halogens is 5. The van der Waals surface area contributed by atoms with E-state index >= 15 is 0 Å². The molecule has 1 aromatic heterocycles. The highest BCUT2D eigenvalue weighted by Gasteiger charge is 2.43. The molecule has 3 heterocycles. The van der Waals surface area contributed by atoms with Gasteiger partial charge in [0.2, 0.25) is 5.91 Å². The van der Waals surface area contributed by atoms with Crippen LogP contribution in [0.3, 0.4) is 0 Å². The lowest BCUT2D eigenvalue weighted by Crippen LogP contribution is -2.50. The number of carbonyl (C=O) groups excluding carboxylic acids is 2. The number of aryl methyl sites for hydroxylation is 1. The van der Waals surface area contributed by atoms with E-state index in [1.54, 1.807) is 6.07 Å². The van der Waals surface area contributed by atoms with Crippen LogP contribution in [0.15, 0.2) is 24.3 Å². The van der Waals surface area contributed by atoms with Crippen molar-refractivity contribution in [3.05, 3.63) is 56.8 Å². The number of alkyl halides is 3. The first-order chi connectivity index (χ1) is 16.5. The van der Waals surface area contributed by atoms with Gasteiger partial charge in [-0.2, -0.15) is 13.2 Å². The maximum Gasteiger partial charge on any atom is 0.419 e. The number of nitrogens with one attached hydrogen (secondary N) is 1. The topological polar surface area (TPSA) is 58.6 Å². The number of ether oxygens (including phenoxy) is 1. The Balaban J connectivity index is 1.61. The van der Waals surface area contributed by atoms with E-state index in [-0.39, 0.29) is 36.7 Å². The summed E-state index contributed by atoms with van der Waals surface area (Å²) in [4.78, 5) is 29.5. The molecule has 4 rings (SSSR count). The monoisotopic (exact) mass is 516 g/mol. The summed E-state index contributed by atoms with van der Waals surface area (Å²) in [6, 6.07) is 2.18. The van der Waals surface area contributed by atoms with Crippen molar-refractivity contribution in [2.75, 3.05) is 19.8 Å². The van der Waals surface area contributed by atoms with Crippen LogP contribution in [0.2, 0.25) is 0 Å². The summed E-state index contributed by atoms with van der Waals surface area (Å²) in [5.74, 6) is -4.09. The number of likely N-dealkylation sites (tertiary alicyclic amines) is 1. The maximum absolute atomic E-state index is 14.8. The molecular formula is C24H25F5N2O3S. The van der Waals surface area contributed by atoms with Gasteiger partial charge in [0.15, 0.2) is 0 Å². The summed E-state index contributed by atoms with van der Waals surface area (Å²) in [6.45, 7) is 4.47. The standard InChI is InChI=1S/C24H25F5N2O3S/c1-3-13-6-19(31(9-13)23(33)20-5-4-12(2)35-20)22(32)30-21(14-10-34-11-14)15-7-18(26)16(8-17(15)25)24(27,28)29/h4-5,7-8,13-14,19,21H,3,6,9-11H2,1-2H3,(H,30,32)/t13-,19-,21?/m1/s1. The third kappa shape index (κ3) is 5.20. The summed E-state index contributed by atoms with van der Waals surface area (Å²) in [5.41, 5.74) is -2.09. The Labute approximate surface area is 203 Å². The van der Waals surface area contributed by atoms with Gasteiger partial charge in [0.1, 0.15) is 17.7 Å². The molecule has 0 saturated carbocycles. The molecule has 5 nitrogen and oxygen atoms in total. The minimum Gasteiger partial charge on any atom is -0.381 e. The molecule has 2 amide bonds. The minimum atomic E-state index is -5.05. The van der Waals surface area contributed by atoms with Crippen molar-refractivity contribution in [1.29, 1.82) is 0 Å². The maximum atomic E-state index is 14.8. The van der Waals surface area contributed by atoms with Crippen molar-refractivity contribution < 1.29 is 36.3 Å². The lowest BCUT2D eigenvalue weighted by Gasteiger charge is -2.36. The molecule has 2 aliphatic rings. The Morgan fingerprint density at radius 3 is 2.46 bits per heavy atom. The zero-order chi connectivity index (χ0) is 25.5. The van der Waals surface area contributed by atoms with Crippen LogP contribution < -0.4 is 5.32 Å². The molecule has 2 fully saturated rings. The lowest BCUT2D eigenvalue weighted by atomic mass is 9.89. The normalized spacial score (nSPS) is 21.6. The van der Waals surface area contributed by atoms with Gasteiger partial charge in [-0.25, -0.2) is 8.78 Å². The molecular weight excluding hydrogens is 491 g/mol. The molecule has 2 saturated heterocycles. The van der Waals surface area contributed by atoms with Crippen molar-refractivity contribution >= 4 is 23.2 Å². The molecule has 0 bridgehead atoms. The van der Waals surface area contributed by atoms with E-state index in [1.165, 1.54) is 16.2 Å². The van der Waals surface area contributed by atoms with Crippen molar-refractivity contribution in [3.63, 3.8) is 0 Å². The average molecular weight is 517 g/mol. The highest BCUT2D eigenvalue weighted by molar-refractivity contribution is 7.13. The zero-order valence-corrected chi connectivity index (χ0v) is 19.9. The summed E-state index contributed by atoms with van der Waals surface area (Å²) < 4.78 is 73.2. The van der Waals surface area contributed by atoms with Crippen LogP contribution in [0.5, 0.6) is 0 Å². The first-order valence-corrected chi connectivity index (χ1v) is 12.1. The molecule has 190 valence electrons. The smallest absolute Gasteiger partial charge is 0.381 e. The van der Waals surface area contributed by atoms with Gasteiger partial charge in [0, 0.05) is 22.9 Å². The molecule has 11 heteroatoms. The van der Waals surface area contributed by atoms with E-state index < -0.39 is 47.3 Å². The highest BCUT2D eigenvalue weighted by atomic mass is 32.1. The molecule has 35 heavy (non-hydrogen) atoms. The van der Waals surface area contributed by atoms with Crippen LogP contribution in [0.1, 0.15) is 51.5 Å². The van der Waals surface area contributed by atoms with Gasteiger partial charge < -0.3 is 15.0 Å². The minimum absolute atomic E-state index is 0.0847. The van der Waals surface area contributed by atoms with Crippen molar-refractivity contribution in [2.45, 2.75) is 44.9 Å². The number of hydrogen-bond donors (Lipinski definition) is 1. The Morgan fingerprint density at radius 1 is 1.20 bits per heavy atom. The van der Waals surface area contributed by atoms with E-state index in [2.05, 4.69) is 5.32 Å². The zero-order valence-electron chi connectivity index (χ0n) is 19.1. The van der Waals surface area contributed by atoms with Gasteiger partial charge in [-0.05, 0) is 43.5 Å². The Morgan fingerprint density at radius 2 is 1.91 bits per heavy atom. The largest absolute Gasteiger partial charge is 0.419 e. The summed E-state index contributed by atoms with van der Waals surface area (Å²) in [6.07, 6.45) is -3.91. The molecule has 3 atom stereocenters. The molecule has 2 aromatic rings. The second-order valence-electron chi connectivity index (χ2n) is 9.03. The van der Waals surface area contributed by atoms with E-state index in [0.717, 1.165) is 11.3 Å². The highest BCUT2D eigenvalue weighted by Crippen LogP contribution is 2.37. The number of nitrogens with zero attached hydrogens (tertiary/aromatic N) is 1. The number of rotatable bonds is 6. The first-order valence-electron chi connectivity index (χ1n) is 11.3. The van der Waals surface area contributed by atoms with E-state index in [1.807, 2.05) is 19.9 Å². The Kier molecular flexibility index (Phi) is 7.19. The van der Waals surface area contributed by atoms with Crippen LogP contribution in [-0.4, -0.2) is 42.5 Å². The molecule has 0 aliphatic carbocycles. The fourth-order valence-corrected chi connectivity index (χ4v) is 5.37. The fourth-order valence-electron chi connectivity index (χ4n) is 4.55. The fraction of sp³-hybridized carbons (Fsp3) is 0.500. The van der Waals surface area contributed by atoms with E-state index in [9.17, 15) is 31.5 Å². The van der Waals surface area contributed by atoms with E-state index in [0.29, 0.717) is 23.9 Å². The number of benzene rings is 1. The molecule has 2 aliphatic heterocycles. The predicted molar refractivity (Wildman–Crippen MR) is 119 cm³/mol. The van der Waals surface area contributed by atoms with Crippen LogP contribution in [0.4, 0.5) is 22.0 Å². The summed E-state index contributed by atoms with van der Waals surface area (Å²) >= 11 is 1.32. The lowest BCUT2D eigenvalue weighted by molar-refractivity contribution is -0.140. The molecule has 1 unspecified atom stereocenters. The van der Waals surface area contributed by atoms with Crippen molar-refractivity contribution in [1.82, 2.24) is 10.2 Å². The van der Waals surface area contributed by atoms with Crippen LogP contribution in [0, 0.1) is 30.4 Å². The second-order valence-corrected chi connectivity index (χ2v) is 10.3.